The monoisotopic (exact) mass is 311 g/mol. The number of rotatable bonds is 7. The molecule has 116 valence electrons. The van der Waals surface area contributed by atoms with E-state index in [4.69, 9.17) is 5.73 Å². The minimum absolute atomic E-state index is 0.0675. The van der Waals surface area contributed by atoms with Gasteiger partial charge in [-0.15, -0.1) is 0 Å². The lowest BCUT2D eigenvalue weighted by Gasteiger charge is -2.25. The average Bonchev–Trinajstić information content (AvgIpc) is 3.26. The molecule has 6 nitrogen and oxygen atoms in total. The molecular formula is C14H21N3O3S. The maximum absolute atomic E-state index is 12.4. The van der Waals surface area contributed by atoms with Gasteiger partial charge in [0.1, 0.15) is 9.84 Å². The Morgan fingerprint density at radius 2 is 2.19 bits per heavy atom. The Balaban J connectivity index is 1.99. The van der Waals surface area contributed by atoms with Crippen LogP contribution in [0.1, 0.15) is 25.0 Å². The highest BCUT2D eigenvalue weighted by Gasteiger charge is 2.35. The van der Waals surface area contributed by atoms with Crippen LogP contribution >= 0.6 is 0 Å². The molecule has 7 heteroatoms. The number of carbonyl (C=O) groups is 1. The first-order valence-electron chi connectivity index (χ1n) is 7.00. The third kappa shape index (κ3) is 5.09. The van der Waals surface area contributed by atoms with E-state index in [9.17, 15) is 13.2 Å². The molecule has 1 heterocycles. The Hall–Kier alpha value is -1.47. The van der Waals surface area contributed by atoms with E-state index in [2.05, 4.69) is 4.98 Å². The normalized spacial score (nSPS) is 16.5. The molecule has 21 heavy (non-hydrogen) atoms. The minimum atomic E-state index is -3.11. The fourth-order valence-electron chi connectivity index (χ4n) is 2.12. The fourth-order valence-corrected chi connectivity index (χ4v) is 2.80. The number of carbonyl (C=O) groups excluding carboxylic acids is 1. The van der Waals surface area contributed by atoms with Crippen molar-refractivity contribution >= 4 is 15.7 Å². The second-order valence-corrected chi connectivity index (χ2v) is 7.80. The number of sulfone groups is 1. The van der Waals surface area contributed by atoms with Crippen LogP contribution in [0, 0.1) is 0 Å². The molecule has 1 aromatic heterocycles. The number of pyridine rings is 1. The average molecular weight is 311 g/mol. The molecule has 1 atom stereocenters. The van der Waals surface area contributed by atoms with Crippen LogP contribution in [-0.4, -0.2) is 48.3 Å². The number of hydrogen-bond donors (Lipinski definition) is 1. The van der Waals surface area contributed by atoms with E-state index >= 15 is 0 Å². The zero-order valence-corrected chi connectivity index (χ0v) is 12.9. The molecule has 0 spiro atoms. The standard InChI is InChI=1S/C14H21N3O3S/c1-21(19,20)9-7-13(15)14(18)17(12-5-6-12)10-11-4-2-3-8-16-11/h2-4,8,12-13H,5-7,9-10,15H2,1H3. The second-order valence-electron chi connectivity index (χ2n) is 5.54. The Bertz CT molecular complexity index is 585. The molecule has 1 aliphatic carbocycles. The predicted molar refractivity (Wildman–Crippen MR) is 80.1 cm³/mol. The Labute approximate surface area is 125 Å². The Morgan fingerprint density at radius 1 is 1.48 bits per heavy atom. The van der Waals surface area contributed by atoms with Crippen LogP contribution in [0.5, 0.6) is 0 Å². The maximum atomic E-state index is 12.4. The van der Waals surface area contributed by atoms with Crippen LogP contribution in [0.25, 0.3) is 0 Å². The topological polar surface area (TPSA) is 93.4 Å². The van der Waals surface area contributed by atoms with Crippen molar-refractivity contribution in [3.8, 4) is 0 Å². The lowest BCUT2D eigenvalue weighted by Crippen LogP contribution is -2.45. The summed E-state index contributed by atoms with van der Waals surface area (Å²) in [6.45, 7) is 0.427. The van der Waals surface area contributed by atoms with Crippen molar-refractivity contribution in [3.63, 3.8) is 0 Å². The summed E-state index contributed by atoms with van der Waals surface area (Å²) in [4.78, 5) is 18.4. The van der Waals surface area contributed by atoms with Gasteiger partial charge in [0.25, 0.3) is 0 Å². The van der Waals surface area contributed by atoms with E-state index in [1.807, 2.05) is 18.2 Å². The summed E-state index contributed by atoms with van der Waals surface area (Å²) >= 11 is 0. The lowest BCUT2D eigenvalue weighted by molar-refractivity contribution is -0.133. The predicted octanol–water partition coefficient (Wildman–Crippen LogP) is 0.335. The van der Waals surface area contributed by atoms with Gasteiger partial charge >= 0.3 is 0 Å². The van der Waals surface area contributed by atoms with Crippen LogP contribution < -0.4 is 5.73 Å². The highest BCUT2D eigenvalue weighted by molar-refractivity contribution is 7.90. The molecule has 1 aliphatic rings. The van der Waals surface area contributed by atoms with Gasteiger partial charge in [-0.25, -0.2) is 8.42 Å². The third-order valence-corrected chi connectivity index (χ3v) is 4.42. The first kappa shape index (κ1) is 15.9. The number of nitrogens with zero attached hydrogens (tertiary/aromatic N) is 2. The summed E-state index contributed by atoms with van der Waals surface area (Å²) < 4.78 is 22.3. The number of amides is 1. The first-order chi connectivity index (χ1) is 9.87. The van der Waals surface area contributed by atoms with Gasteiger partial charge in [-0.05, 0) is 31.4 Å². The van der Waals surface area contributed by atoms with Crippen LogP contribution in [0.15, 0.2) is 24.4 Å². The second kappa shape index (κ2) is 6.53. The van der Waals surface area contributed by atoms with Crippen molar-refractivity contribution in [1.82, 2.24) is 9.88 Å². The molecule has 0 aliphatic heterocycles. The smallest absolute Gasteiger partial charge is 0.240 e. The number of nitrogens with two attached hydrogens (primary N) is 1. The summed E-state index contributed by atoms with van der Waals surface area (Å²) in [5.41, 5.74) is 6.68. The van der Waals surface area contributed by atoms with Crippen molar-refractivity contribution in [2.75, 3.05) is 12.0 Å². The number of aromatic nitrogens is 1. The van der Waals surface area contributed by atoms with Crippen molar-refractivity contribution in [1.29, 1.82) is 0 Å². The molecule has 2 N–H and O–H groups in total. The maximum Gasteiger partial charge on any atom is 0.240 e. The highest BCUT2D eigenvalue weighted by atomic mass is 32.2. The molecule has 0 aromatic carbocycles. The molecule has 1 saturated carbocycles. The fraction of sp³-hybridized carbons (Fsp3) is 0.571. The van der Waals surface area contributed by atoms with Gasteiger partial charge in [0.15, 0.2) is 0 Å². The molecule has 1 fully saturated rings. The Morgan fingerprint density at radius 3 is 2.71 bits per heavy atom. The van der Waals surface area contributed by atoms with E-state index in [1.165, 1.54) is 0 Å². The van der Waals surface area contributed by atoms with Gasteiger partial charge in [0, 0.05) is 18.5 Å². The van der Waals surface area contributed by atoms with Gasteiger partial charge < -0.3 is 10.6 Å². The SMILES string of the molecule is CS(=O)(=O)CCC(N)C(=O)N(Cc1ccccn1)C1CC1. The summed E-state index contributed by atoms with van der Waals surface area (Å²) in [6, 6.07) is 5.00. The minimum Gasteiger partial charge on any atom is -0.332 e. The van der Waals surface area contributed by atoms with Crippen molar-refractivity contribution < 1.29 is 13.2 Å². The molecular weight excluding hydrogens is 290 g/mol. The molecule has 0 radical (unpaired) electrons. The van der Waals surface area contributed by atoms with Crippen LogP contribution in [-0.2, 0) is 21.2 Å². The van der Waals surface area contributed by atoms with Gasteiger partial charge in [-0.1, -0.05) is 6.07 Å². The molecule has 2 rings (SSSR count). The summed E-state index contributed by atoms with van der Waals surface area (Å²) in [5, 5.41) is 0. The van der Waals surface area contributed by atoms with Gasteiger partial charge in [-0.2, -0.15) is 0 Å². The summed E-state index contributed by atoms with van der Waals surface area (Å²) in [5.74, 6) is -0.256. The van der Waals surface area contributed by atoms with Gasteiger partial charge in [0.05, 0.1) is 24.0 Å². The number of hydrogen-bond acceptors (Lipinski definition) is 5. The van der Waals surface area contributed by atoms with E-state index in [0.29, 0.717) is 6.54 Å². The molecule has 1 aromatic rings. The van der Waals surface area contributed by atoms with Crippen LogP contribution in [0.4, 0.5) is 0 Å². The zero-order chi connectivity index (χ0) is 15.5. The first-order valence-corrected chi connectivity index (χ1v) is 9.06. The van der Waals surface area contributed by atoms with E-state index < -0.39 is 15.9 Å². The molecule has 1 amide bonds. The third-order valence-electron chi connectivity index (χ3n) is 3.45. The molecule has 0 bridgehead atoms. The highest BCUT2D eigenvalue weighted by Crippen LogP contribution is 2.28. The van der Waals surface area contributed by atoms with E-state index in [-0.39, 0.29) is 24.1 Å². The molecule has 1 unspecified atom stereocenters. The van der Waals surface area contributed by atoms with Gasteiger partial charge in [-0.3, -0.25) is 9.78 Å². The van der Waals surface area contributed by atoms with Gasteiger partial charge in [0.2, 0.25) is 5.91 Å². The largest absolute Gasteiger partial charge is 0.332 e. The summed E-state index contributed by atoms with van der Waals surface area (Å²) in [7, 11) is -3.11. The van der Waals surface area contributed by atoms with Crippen LogP contribution in [0.2, 0.25) is 0 Å². The Kier molecular flexibility index (Phi) is 4.95. The van der Waals surface area contributed by atoms with E-state index in [0.717, 1.165) is 24.8 Å². The van der Waals surface area contributed by atoms with Crippen molar-refractivity contribution in [2.24, 2.45) is 5.73 Å². The van der Waals surface area contributed by atoms with Crippen molar-refractivity contribution in [3.05, 3.63) is 30.1 Å². The summed E-state index contributed by atoms with van der Waals surface area (Å²) in [6.07, 6.45) is 4.93. The van der Waals surface area contributed by atoms with Crippen molar-refractivity contribution in [2.45, 2.75) is 37.9 Å². The zero-order valence-electron chi connectivity index (χ0n) is 12.1. The molecule has 0 saturated heterocycles. The van der Waals surface area contributed by atoms with E-state index in [1.54, 1.807) is 11.1 Å². The quantitative estimate of drug-likeness (QED) is 0.783. The van der Waals surface area contributed by atoms with Crippen LogP contribution in [0.3, 0.4) is 0 Å². The lowest BCUT2D eigenvalue weighted by atomic mass is 10.2.